The van der Waals surface area contributed by atoms with Crippen LogP contribution in [0, 0.1) is 23.0 Å². The van der Waals surface area contributed by atoms with Gasteiger partial charge in [-0.1, -0.05) is 25.3 Å². The summed E-state index contributed by atoms with van der Waals surface area (Å²) in [4.78, 5) is 25.3. The smallest absolute Gasteiger partial charge is 0.321 e. The van der Waals surface area contributed by atoms with E-state index >= 15 is 0 Å². The van der Waals surface area contributed by atoms with E-state index in [0.29, 0.717) is 23.2 Å². The van der Waals surface area contributed by atoms with Gasteiger partial charge in [-0.05, 0) is 44.6 Å². The molecule has 1 aromatic rings. The minimum Gasteiger partial charge on any atom is -0.321 e. The highest BCUT2D eigenvalue weighted by Gasteiger charge is 2.35. The van der Waals surface area contributed by atoms with Crippen molar-refractivity contribution < 1.29 is 9.72 Å². The summed E-state index contributed by atoms with van der Waals surface area (Å²) < 4.78 is 0. The zero-order valence-corrected chi connectivity index (χ0v) is 14.2. The minimum absolute atomic E-state index is 0.0399. The lowest BCUT2D eigenvalue weighted by Crippen LogP contribution is -2.43. The highest BCUT2D eigenvalue weighted by Crippen LogP contribution is 2.35. The minimum atomic E-state index is -0.411. The van der Waals surface area contributed by atoms with Crippen molar-refractivity contribution >= 4 is 17.4 Å². The van der Waals surface area contributed by atoms with Gasteiger partial charge in [0, 0.05) is 18.7 Å². The van der Waals surface area contributed by atoms with E-state index in [2.05, 4.69) is 5.32 Å². The first-order chi connectivity index (χ1) is 11.6. The van der Waals surface area contributed by atoms with Crippen molar-refractivity contribution in [3.05, 3.63) is 33.9 Å². The fraction of sp³-hybridized carbons (Fsp3) is 0.611. The summed E-state index contributed by atoms with van der Waals surface area (Å²) >= 11 is 0. The van der Waals surface area contributed by atoms with Crippen LogP contribution in [0.4, 0.5) is 16.2 Å². The summed E-state index contributed by atoms with van der Waals surface area (Å²) in [6.07, 6.45) is 8.38. The van der Waals surface area contributed by atoms with Crippen LogP contribution in [0.1, 0.15) is 50.5 Å². The van der Waals surface area contributed by atoms with E-state index in [9.17, 15) is 14.9 Å². The highest BCUT2D eigenvalue weighted by atomic mass is 16.6. The molecule has 0 bridgehead atoms. The fourth-order valence-corrected chi connectivity index (χ4v) is 4.20. The lowest BCUT2D eigenvalue weighted by atomic mass is 9.83. The number of rotatable bonds is 3. The maximum absolute atomic E-state index is 12.7. The maximum Gasteiger partial charge on any atom is 0.322 e. The summed E-state index contributed by atoms with van der Waals surface area (Å²) in [5.74, 6) is 0.609. The monoisotopic (exact) mass is 331 g/mol. The largest absolute Gasteiger partial charge is 0.322 e. The van der Waals surface area contributed by atoms with Crippen molar-refractivity contribution in [2.75, 3.05) is 11.9 Å². The lowest BCUT2D eigenvalue weighted by molar-refractivity contribution is -0.385. The van der Waals surface area contributed by atoms with Gasteiger partial charge < -0.3 is 10.2 Å². The van der Waals surface area contributed by atoms with Crippen LogP contribution in [-0.2, 0) is 0 Å². The van der Waals surface area contributed by atoms with Gasteiger partial charge in [0.2, 0.25) is 0 Å². The Kier molecular flexibility index (Phi) is 5.02. The Morgan fingerprint density at radius 1 is 1.21 bits per heavy atom. The first-order valence-electron chi connectivity index (χ1n) is 8.89. The number of carbonyl (C=O) groups is 1. The van der Waals surface area contributed by atoms with E-state index in [0.717, 1.165) is 19.4 Å². The molecule has 6 nitrogen and oxygen atoms in total. The maximum atomic E-state index is 12.7. The molecule has 1 atom stereocenters. The Hall–Kier alpha value is -2.11. The number of nitro benzene ring substituents is 1. The molecule has 0 radical (unpaired) electrons. The van der Waals surface area contributed by atoms with Gasteiger partial charge in [-0.15, -0.1) is 0 Å². The molecule has 1 saturated carbocycles. The number of nitrogens with one attached hydrogen (secondary N) is 1. The van der Waals surface area contributed by atoms with Gasteiger partial charge in [-0.25, -0.2) is 4.79 Å². The van der Waals surface area contributed by atoms with E-state index in [1.54, 1.807) is 19.1 Å². The molecule has 1 aromatic carbocycles. The van der Waals surface area contributed by atoms with Crippen molar-refractivity contribution in [1.82, 2.24) is 4.90 Å². The average molecular weight is 331 g/mol. The van der Waals surface area contributed by atoms with Crippen LogP contribution in [0.25, 0.3) is 0 Å². The zero-order chi connectivity index (χ0) is 17.1. The molecule has 2 aliphatic rings. The molecular weight excluding hydrogens is 306 g/mol. The fourth-order valence-electron chi connectivity index (χ4n) is 4.20. The summed E-state index contributed by atoms with van der Waals surface area (Å²) in [7, 11) is 0. The molecular formula is C18H25N3O3. The van der Waals surface area contributed by atoms with Crippen molar-refractivity contribution in [1.29, 1.82) is 0 Å². The van der Waals surface area contributed by atoms with Crippen LogP contribution < -0.4 is 5.32 Å². The summed E-state index contributed by atoms with van der Waals surface area (Å²) in [6, 6.07) is 5.01. The second-order valence-electron chi connectivity index (χ2n) is 6.94. The predicted octanol–water partition coefficient (Wildman–Crippen LogP) is 4.48. The molecule has 6 heteroatoms. The predicted molar refractivity (Wildman–Crippen MR) is 93.2 cm³/mol. The molecule has 0 aromatic heterocycles. The number of likely N-dealkylation sites (tertiary alicyclic amines) is 1. The van der Waals surface area contributed by atoms with Crippen LogP contribution in [0.15, 0.2) is 18.2 Å². The number of amides is 2. The Morgan fingerprint density at radius 3 is 2.67 bits per heavy atom. The van der Waals surface area contributed by atoms with Crippen molar-refractivity contribution in [3.8, 4) is 0 Å². The Labute approximate surface area is 142 Å². The van der Waals surface area contributed by atoms with Gasteiger partial charge in [-0.2, -0.15) is 0 Å². The van der Waals surface area contributed by atoms with Crippen LogP contribution in [0.3, 0.4) is 0 Å². The van der Waals surface area contributed by atoms with Gasteiger partial charge in [0.15, 0.2) is 0 Å². The average Bonchev–Trinajstić information content (AvgIpc) is 3.07. The molecule has 3 rings (SSSR count). The van der Waals surface area contributed by atoms with Gasteiger partial charge in [0.05, 0.1) is 16.2 Å². The lowest BCUT2D eigenvalue weighted by Gasteiger charge is -2.34. The molecule has 130 valence electrons. The number of nitrogens with zero attached hydrogens (tertiary/aromatic N) is 2. The van der Waals surface area contributed by atoms with Gasteiger partial charge in [0.1, 0.15) is 0 Å². The summed E-state index contributed by atoms with van der Waals surface area (Å²) in [5, 5.41) is 14.0. The van der Waals surface area contributed by atoms with E-state index < -0.39 is 4.92 Å². The SMILES string of the molecule is Cc1c(NC(=O)N2CCCC2C2CCCCC2)cccc1[N+](=O)[O-]. The number of benzene rings is 1. The third-order valence-corrected chi connectivity index (χ3v) is 5.50. The van der Waals surface area contributed by atoms with Crippen molar-refractivity contribution in [2.24, 2.45) is 5.92 Å². The third kappa shape index (κ3) is 3.37. The Bertz CT molecular complexity index is 626. The van der Waals surface area contributed by atoms with Gasteiger partial charge in [-0.3, -0.25) is 10.1 Å². The van der Waals surface area contributed by atoms with E-state index in [-0.39, 0.29) is 11.7 Å². The molecule has 24 heavy (non-hydrogen) atoms. The van der Waals surface area contributed by atoms with Gasteiger partial charge >= 0.3 is 6.03 Å². The van der Waals surface area contributed by atoms with E-state index in [1.165, 1.54) is 38.2 Å². The van der Waals surface area contributed by atoms with E-state index in [1.807, 2.05) is 4.90 Å². The second kappa shape index (κ2) is 7.20. The quantitative estimate of drug-likeness (QED) is 0.655. The molecule has 0 spiro atoms. The van der Waals surface area contributed by atoms with Crippen LogP contribution >= 0.6 is 0 Å². The molecule has 2 fully saturated rings. The number of anilines is 1. The Balaban J connectivity index is 1.72. The summed E-state index contributed by atoms with van der Waals surface area (Å²) in [5.41, 5.74) is 1.07. The standard InChI is InChI=1S/C18H25N3O3/c1-13-15(9-5-10-16(13)21(23)24)19-18(22)20-12-6-11-17(20)14-7-3-2-4-8-14/h5,9-10,14,17H,2-4,6-8,11-12H2,1H3,(H,19,22). The molecule has 1 heterocycles. The number of nitro groups is 1. The molecule has 2 amide bonds. The first kappa shape index (κ1) is 16.7. The van der Waals surface area contributed by atoms with Crippen molar-refractivity contribution in [3.63, 3.8) is 0 Å². The van der Waals surface area contributed by atoms with Gasteiger partial charge in [0.25, 0.3) is 5.69 Å². The molecule has 1 N–H and O–H groups in total. The summed E-state index contributed by atoms with van der Waals surface area (Å²) in [6.45, 7) is 2.46. The third-order valence-electron chi connectivity index (χ3n) is 5.50. The number of hydrogen-bond donors (Lipinski definition) is 1. The number of carbonyl (C=O) groups excluding carboxylic acids is 1. The molecule has 1 aliphatic carbocycles. The van der Waals surface area contributed by atoms with Crippen LogP contribution in [0.2, 0.25) is 0 Å². The molecule has 1 unspecified atom stereocenters. The van der Waals surface area contributed by atoms with Crippen LogP contribution in [-0.4, -0.2) is 28.4 Å². The van der Waals surface area contributed by atoms with Crippen molar-refractivity contribution in [2.45, 2.75) is 57.9 Å². The normalized spacial score (nSPS) is 21.7. The number of hydrogen-bond acceptors (Lipinski definition) is 3. The Morgan fingerprint density at radius 2 is 1.96 bits per heavy atom. The number of urea groups is 1. The van der Waals surface area contributed by atoms with Crippen LogP contribution in [0.5, 0.6) is 0 Å². The second-order valence-corrected chi connectivity index (χ2v) is 6.94. The van der Waals surface area contributed by atoms with E-state index in [4.69, 9.17) is 0 Å². The molecule has 1 aliphatic heterocycles. The zero-order valence-electron chi connectivity index (χ0n) is 14.2. The molecule has 1 saturated heterocycles. The highest BCUT2D eigenvalue weighted by molar-refractivity contribution is 5.91. The topological polar surface area (TPSA) is 75.5 Å². The first-order valence-corrected chi connectivity index (χ1v) is 8.89.